The molecule has 0 spiro atoms. The Morgan fingerprint density at radius 2 is 1.66 bits per heavy atom. The van der Waals surface area contributed by atoms with E-state index in [1.165, 1.54) is 35.6 Å². The number of carbonyl (C=O) groups excluding carboxylic acids is 1. The molecule has 3 aromatic carbocycles. The second-order valence-electron chi connectivity index (χ2n) is 7.96. The highest BCUT2D eigenvalue weighted by Gasteiger charge is 2.21. The van der Waals surface area contributed by atoms with Crippen molar-refractivity contribution in [2.45, 2.75) is 25.3 Å². The lowest BCUT2D eigenvalue weighted by Crippen LogP contribution is -2.26. The van der Waals surface area contributed by atoms with Gasteiger partial charge in [0.25, 0.3) is 0 Å². The molecule has 0 N–H and O–H groups in total. The first kappa shape index (κ1) is 24.8. The highest BCUT2D eigenvalue weighted by Crippen LogP contribution is 2.31. The SMILES string of the molecule is CCN(CC)c1nc2ccc(OC(=O)c3ccc(S(=O)(=O)N(C)Cc4ccccc4)cc3)cc2s1. The zero-order valence-electron chi connectivity index (χ0n) is 19.8. The van der Waals surface area contributed by atoms with Crippen molar-refractivity contribution < 1.29 is 17.9 Å². The van der Waals surface area contributed by atoms with Gasteiger partial charge in [-0.25, -0.2) is 18.2 Å². The molecule has 0 fully saturated rings. The minimum Gasteiger partial charge on any atom is -0.423 e. The number of fused-ring (bicyclic) bond motifs is 1. The van der Waals surface area contributed by atoms with Crippen LogP contribution < -0.4 is 9.64 Å². The second-order valence-corrected chi connectivity index (χ2v) is 11.0. The molecule has 4 rings (SSSR count). The summed E-state index contributed by atoms with van der Waals surface area (Å²) in [6, 6.07) is 20.5. The Balaban J connectivity index is 1.46. The number of aromatic nitrogens is 1. The average Bonchev–Trinajstić information content (AvgIpc) is 3.28. The van der Waals surface area contributed by atoms with Crippen LogP contribution in [0.5, 0.6) is 5.75 Å². The van der Waals surface area contributed by atoms with Gasteiger partial charge in [0.1, 0.15) is 5.75 Å². The summed E-state index contributed by atoms with van der Waals surface area (Å²) in [5.74, 6) is -0.143. The fraction of sp³-hybridized carbons (Fsp3) is 0.231. The lowest BCUT2D eigenvalue weighted by molar-refractivity contribution is 0.0735. The van der Waals surface area contributed by atoms with E-state index in [-0.39, 0.29) is 17.0 Å². The molecule has 0 aliphatic carbocycles. The van der Waals surface area contributed by atoms with Gasteiger partial charge < -0.3 is 9.64 Å². The Morgan fingerprint density at radius 1 is 0.971 bits per heavy atom. The minimum absolute atomic E-state index is 0.113. The van der Waals surface area contributed by atoms with Crippen LogP contribution in [0.15, 0.2) is 77.7 Å². The number of hydrogen-bond acceptors (Lipinski definition) is 7. The Labute approximate surface area is 209 Å². The molecule has 9 heteroatoms. The first-order valence-electron chi connectivity index (χ1n) is 11.3. The fourth-order valence-corrected chi connectivity index (χ4v) is 5.90. The summed E-state index contributed by atoms with van der Waals surface area (Å²) in [4.78, 5) is 19.6. The smallest absolute Gasteiger partial charge is 0.343 e. The van der Waals surface area contributed by atoms with Crippen molar-refractivity contribution in [3.05, 3.63) is 83.9 Å². The quantitative estimate of drug-likeness (QED) is 0.228. The van der Waals surface area contributed by atoms with E-state index in [0.29, 0.717) is 5.75 Å². The number of ether oxygens (including phenoxy) is 1. The maximum atomic E-state index is 12.9. The Kier molecular flexibility index (Phi) is 7.49. The highest BCUT2D eigenvalue weighted by molar-refractivity contribution is 7.89. The molecule has 0 radical (unpaired) electrons. The topological polar surface area (TPSA) is 79.8 Å². The molecule has 0 amide bonds. The number of hydrogen-bond donors (Lipinski definition) is 0. The van der Waals surface area contributed by atoms with Crippen LogP contribution in [0.4, 0.5) is 5.13 Å². The summed E-state index contributed by atoms with van der Waals surface area (Å²) in [6.45, 7) is 6.15. The number of rotatable bonds is 9. The Bertz CT molecular complexity index is 1410. The van der Waals surface area contributed by atoms with E-state index < -0.39 is 16.0 Å². The Hall–Kier alpha value is -3.27. The van der Waals surface area contributed by atoms with Crippen LogP contribution >= 0.6 is 11.3 Å². The summed E-state index contributed by atoms with van der Waals surface area (Å²) in [6.07, 6.45) is 0. The van der Waals surface area contributed by atoms with Gasteiger partial charge in [-0.05, 0) is 55.8 Å². The van der Waals surface area contributed by atoms with Crippen LogP contribution in [-0.2, 0) is 16.6 Å². The van der Waals surface area contributed by atoms with E-state index in [2.05, 4.69) is 23.7 Å². The molecule has 35 heavy (non-hydrogen) atoms. The number of carbonyl (C=O) groups is 1. The standard InChI is InChI=1S/C26H27N3O4S2/c1-4-29(5-2)26-27-23-16-13-21(17-24(23)34-26)33-25(30)20-11-14-22(15-12-20)35(31,32)28(3)18-19-9-7-6-8-10-19/h6-17H,4-5,18H2,1-3H3. The summed E-state index contributed by atoms with van der Waals surface area (Å²) in [5.41, 5.74) is 2.01. The lowest BCUT2D eigenvalue weighted by atomic mass is 10.2. The monoisotopic (exact) mass is 509 g/mol. The number of anilines is 1. The van der Waals surface area contributed by atoms with Crippen molar-refractivity contribution in [3.8, 4) is 5.75 Å². The third kappa shape index (κ3) is 5.53. The summed E-state index contributed by atoms with van der Waals surface area (Å²) in [5, 5.41) is 0.933. The van der Waals surface area contributed by atoms with Gasteiger partial charge in [0.15, 0.2) is 5.13 Å². The first-order chi connectivity index (χ1) is 16.8. The second kappa shape index (κ2) is 10.6. The van der Waals surface area contributed by atoms with E-state index in [1.807, 2.05) is 36.4 Å². The largest absolute Gasteiger partial charge is 0.423 e. The van der Waals surface area contributed by atoms with E-state index in [1.54, 1.807) is 23.5 Å². The number of thiazole rings is 1. The van der Waals surface area contributed by atoms with E-state index in [4.69, 9.17) is 4.74 Å². The van der Waals surface area contributed by atoms with Gasteiger partial charge in [0.2, 0.25) is 10.0 Å². The lowest BCUT2D eigenvalue weighted by Gasteiger charge is -2.17. The molecule has 0 aliphatic rings. The third-order valence-electron chi connectivity index (χ3n) is 5.64. The normalized spacial score (nSPS) is 11.7. The molecule has 182 valence electrons. The van der Waals surface area contributed by atoms with E-state index in [9.17, 15) is 13.2 Å². The van der Waals surface area contributed by atoms with Crippen molar-refractivity contribution in [3.63, 3.8) is 0 Å². The minimum atomic E-state index is -3.70. The van der Waals surface area contributed by atoms with Gasteiger partial charge in [0.05, 0.1) is 20.7 Å². The molecule has 0 atom stereocenters. The molecule has 0 saturated heterocycles. The van der Waals surface area contributed by atoms with Gasteiger partial charge in [-0.2, -0.15) is 4.31 Å². The van der Waals surface area contributed by atoms with Crippen molar-refractivity contribution >= 4 is 42.7 Å². The Morgan fingerprint density at radius 3 is 2.31 bits per heavy atom. The molecule has 1 heterocycles. The number of benzene rings is 3. The van der Waals surface area contributed by atoms with Gasteiger partial charge >= 0.3 is 5.97 Å². The molecule has 0 aliphatic heterocycles. The van der Waals surface area contributed by atoms with E-state index >= 15 is 0 Å². The molecular weight excluding hydrogens is 482 g/mol. The maximum Gasteiger partial charge on any atom is 0.343 e. The molecule has 0 unspecified atom stereocenters. The van der Waals surface area contributed by atoms with Crippen molar-refractivity contribution in [2.75, 3.05) is 25.0 Å². The van der Waals surface area contributed by atoms with Crippen molar-refractivity contribution in [2.24, 2.45) is 0 Å². The van der Waals surface area contributed by atoms with E-state index in [0.717, 1.165) is 34.0 Å². The van der Waals surface area contributed by atoms with Crippen LogP contribution in [0, 0.1) is 0 Å². The zero-order valence-corrected chi connectivity index (χ0v) is 21.5. The van der Waals surface area contributed by atoms with Gasteiger partial charge in [-0.1, -0.05) is 41.7 Å². The zero-order chi connectivity index (χ0) is 25.0. The van der Waals surface area contributed by atoms with Gasteiger partial charge in [0, 0.05) is 32.7 Å². The molecule has 0 bridgehead atoms. The van der Waals surface area contributed by atoms with Gasteiger partial charge in [-0.3, -0.25) is 0 Å². The van der Waals surface area contributed by atoms with Crippen LogP contribution in [0.3, 0.4) is 0 Å². The van der Waals surface area contributed by atoms with Crippen LogP contribution in [0.25, 0.3) is 10.2 Å². The number of nitrogens with zero attached hydrogens (tertiary/aromatic N) is 3. The predicted molar refractivity (Wildman–Crippen MR) is 140 cm³/mol. The molecule has 1 aromatic heterocycles. The average molecular weight is 510 g/mol. The maximum absolute atomic E-state index is 12.9. The number of esters is 1. The highest BCUT2D eigenvalue weighted by atomic mass is 32.2. The van der Waals surface area contributed by atoms with Crippen molar-refractivity contribution in [1.29, 1.82) is 0 Å². The predicted octanol–water partition coefficient (Wildman–Crippen LogP) is 5.18. The van der Waals surface area contributed by atoms with Crippen LogP contribution in [-0.4, -0.2) is 43.8 Å². The first-order valence-corrected chi connectivity index (χ1v) is 13.6. The molecular formula is C26H27N3O4S2. The summed E-state index contributed by atoms with van der Waals surface area (Å²) < 4.78 is 33.6. The van der Waals surface area contributed by atoms with Crippen LogP contribution in [0.2, 0.25) is 0 Å². The number of sulfonamides is 1. The van der Waals surface area contributed by atoms with Gasteiger partial charge in [-0.15, -0.1) is 0 Å². The molecule has 4 aromatic rings. The van der Waals surface area contributed by atoms with Crippen molar-refractivity contribution in [1.82, 2.24) is 9.29 Å². The molecule has 0 saturated carbocycles. The van der Waals surface area contributed by atoms with Crippen LogP contribution in [0.1, 0.15) is 29.8 Å². The summed E-state index contributed by atoms with van der Waals surface area (Å²) >= 11 is 1.55. The fourth-order valence-electron chi connectivity index (χ4n) is 3.62. The molecule has 7 nitrogen and oxygen atoms in total. The summed E-state index contributed by atoms with van der Waals surface area (Å²) in [7, 11) is -2.17. The third-order valence-corrected chi connectivity index (χ3v) is 8.54.